The molecular weight excluding hydrogens is 356 g/mol. The number of hydrogen-bond donors (Lipinski definition) is 3. The zero-order valence-corrected chi connectivity index (χ0v) is 14.4. The second-order valence-electron chi connectivity index (χ2n) is 5.42. The van der Waals surface area contributed by atoms with E-state index in [2.05, 4.69) is 16.5 Å². The Bertz CT molecular complexity index is 850. The number of aliphatic hydroxyl groups excluding tert-OH is 1. The van der Waals surface area contributed by atoms with Crippen LogP contribution in [0.3, 0.4) is 0 Å². The highest BCUT2D eigenvalue weighted by Crippen LogP contribution is 2.29. The van der Waals surface area contributed by atoms with E-state index in [-0.39, 0.29) is 29.1 Å². The summed E-state index contributed by atoms with van der Waals surface area (Å²) in [5, 5.41) is 9.86. The van der Waals surface area contributed by atoms with Gasteiger partial charge in [0, 0.05) is 12.0 Å². The molecule has 0 spiro atoms. The lowest BCUT2D eigenvalue weighted by Crippen LogP contribution is -2.38. The van der Waals surface area contributed by atoms with Gasteiger partial charge in [-0.05, 0) is 30.2 Å². The highest BCUT2D eigenvalue weighted by molar-refractivity contribution is 6.42. The van der Waals surface area contributed by atoms with Crippen LogP contribution in [0.4, 0.5) is 4.39 Å². The van der Waals surface area contributed by atoms with Crippen molar-refractivity contribution in [1.29, 1.82) is 0 Å². The first-order chi connectivity index (χ1) is 11.2. The quantitative estimate of drug-likeness (QED) is 0.556. The molecule has 2 aromatic rings. The van der Waals surface area contributed by atoms with Crippen LogP contribution in [0.5, 0.6) is 0 Å². The summed E-state index contributed by atoms with van der Waals surface area (Å²) in [6.45, 7) is 4.35. The number of aliphatic hydroxyl groups is 1. The number of nitrogens with zero attached hydrogens (tertiary/aromatic N) is 1. The van der Waals surface area contributed by atoms with Crippen molar-refractivity contribution >= 4 is 23.2 Å². The van der Waals surface area contributed by atoms with E-state index in [0.29, 0.717) is 15.6 Å². The molecule has 0 saturated carbocycles. The van der Waals surface area contributed by atoms with Gasteiger partial charge in [0.05, 0.1) is 10.0 Å². The van der Waals surface area contributed by atoms with Gasteiger partial charge in [0.1, 0.15) is 18.1 Å². The van der Waals surface area contributed by atoms with Crippen LogP contribution < -0.4 is 11.3 Å². The van der Waals surface area contributed by atoms with Gasteiger partial charge in [0.2, 0.25) is 5.79 Å². The van der Waals surface area contributed by atoms with Crippen LogP contribution in [0, 0.1) is 0 Å². The lowest BCUT2D eigenvalue weighted by Gasteiger charge is -2.23. The molecule has 2 rings (SSSR count). The number of halogens is 3. The number of rotatable bonds is 5. The van der Waals surface area contributed by atoms with E-state index >= 15 is 0 Å². The van der Waals surface area contributed by atoms with Crippen LogP contribution in [0.1, 0.15) is 29.6 Å². The molecule has 1 heterocycles. The third-order valence-corrected chi connectivity index (χ3v) is 4.28. The lowest BCUT2D eigenvalue weighted by atomic mass is 9.96. The number of hydrogen-bond acceptors (Lipinski definition) is 4. The van der Waals surface area contributed by atoms with Gasteiger partial charge in [-0.2, -0.15) is 0 Å². The first kappa shape index (κ1) is 18.6. The zero-order chi connectivity index (χ0) is 18.1. The SMILES string of the molecule is C=C(C)C(N)(F)c1nc(CO)[nH]c(=O)c1Cc1ccc(Cl)c(Cl)c1. The normalized spacial score (nSPS) is 13.6. The Morgan fingerprint density at radius 3 is 2.67 bits per heavy atom. The molecule has 24 heavy (non-hydrogen) atoms. The minimum atomic E-state index is -2.51. The minimum absolute atomic E-state index is 0.0140. The van der Waals surface area contributed by atoms with Crippen molar-refractivity contribution in [3.63, 3.8) is 0 Å². The average molecular weight is 372 g/mol. The van der Waals surface area contributed by atoms with Crippen molar-refractivity contribution in [3.05, 3.63) is 73.4 Å². The molecule has 1 aromatic heterocycles. The highest BCUT2D eigenvalue weighted by atomic mass is 35.5. The summed E-state index contributed by atoms with van der Waals surface area (Å²) >= 11 is 11.8. The monoisotopic (exact) mass is 371 g/mol. The van der Waals surface area contributed by atoms with Crippen molar-refractivity contribution in [1.82, 2.24) is 9.97 Å². The van der Waals surface area contributed by atoms with E-state index < -0.39 is 18.0 Å². The number of alkyl halides is 1. The molecule has 1 unspecified atom stereocenters. The number of H-pyrrole nitrogens is 1. The Morgan fingerprint density at radius 2 is 2.12 bits per heavy atom. The van der Waals surface area contributed by atoms with Crippen molar-refractivity contribution in [3.8, 4) is 0 Å². The van der Waals surface area contributed by atoms with E-state index in [1.807, 2.05) is 0 Å². The fourth-order valence-electron chi connectivity index (χ4n) is 2.14. The second-order valence-corrected chi connectivity index (χ2v) is 6.23. The Balaban J connectivity index is 2.61. The maximum absolute atomic E-state index is 14.9. The Morgan fingerprint density at radius 1 is 1.46 bits per heavy atom. The summed E-state index contributed by atoms with van der Waals surface area (Å²) in [6.07, 6.45) is 0.0381. The van der Waals surface area contributed by atoms with Crippen LogP contribution in [-0.2, 0) is 18.8 Å². The first-order valence-corrected chi connectivity index (χ1v) is 7.73. The maximum atomic E-state index is 14.9. The standard InChI is InChI=1S/C16H16Cl2FN3O2/c1-8(2)16(19,20)14-10(15(24)22-13(7-23)21-14)5-9-3-4-11(17)12(18)6-9/h3-4,6,23H,1,5,7,20H2,2H3,(H,21,22,24). The molecule has 0 fully saturated rings. The van der Waals surface area contributed by atoms with Crippen molar-refractivity contribution < 1.29 is 9.50 Å². The van der Waals surface area contributed by atoms with Gasteiger partial charge in [-0.25, -0.2) is 9.37 Å². The summed E-state index contributed by atoms with van der Waals surface area (Å²) in [5.41, 5.74) is 5.44. The molecule has 1 atom stereocenters. The fourth-order valence-corrected chi connectivity index (χ4v) is 2.46. The van der Waals surface area contributed by atoms with Crippen LogP contribution in [0.25, 0.3) is 0 Å². The van der Waals surface area contributed by atoms with E-state index in [1.165, 1.54) is 6.92 Å². The van der Waals surface area contributed by atoms with Gasteiger partial charge >= 0.3 is 0 Å². The molecule has 0 saturated heterocycles. The van der Waals surface area contributed by atoms with Crippen LogP contribution in [0.2, 0.25) is 10.0 Å². The molecule has 128 valence electrons. The van der Waals surface area contributed by atoms with Gasteiger partial charge in [-0.3, -0.25) is 10.5 Å². The van der Waals surface area contributed by atoms with E-state index in [0.717, 1.165) is 0 Å². The van der Waals surface area contributed by atoms with Crippen molar-refractivity contribution in [2.24, 2.45) is 5.73 Å². The Kier molecular flexibility index (Phi) is 5.45. The highest BCUT2D eigenvalue weighted by Gasteiger charge is 2.34. The van der Waals surface area contributed by atoms with Crippen molar-refractivity contribution in [2.45, 2.75) is 25.7 Å². The lowest BCUT2D eigenvalue weighted by molar-refractivity contribution is 0.213. The van der Waals surface area contributed by atoms with Crippen LogP contribution in [0.15, 0.2) is 35.1 Å². The molecule has 0 bridgehead atoms. The molecule has 0 radical (unpaired) electrons. The number of aromatic nitrogens is 2. The largest absolute Gasteiger partial charge is 0.388 e. The average Bonchev–Trinajstić information content (AvgIpc) is 2.52. The summed E-state index contributed by atoms with van der Waals surface area (Å²) in [4.78, 5) is 18.7. The first-order valence-electron chi connectivity index (χ1n) is 6.98. The van der Waals surface area contributed by atoms with Gasteiger partial charge in [0.25, 0.3) is 5.56 Å². The summed E-state index contributed by atoms with van der Waals surface area (Å²) in [7, 11) is 0. The number of benzene rings is 1. The molecule has 0 aliphatic carbocycles. The molecular formula is C16H16Cl2FN3O2. The fraction of sp³-hybridized carbons (Fsp3) is 0.250. The maximum Gasteiger partial charge on any atom is 0.254 e. The van der Waals surface area contributed by atoms with Crippen molar-refractivity contribution in [2.75, 3.05) is 0 Å². The van der Waals surface area contributed by atoms with E-state index in [1.54, 1.807) is 18.2 Å². The van der Waals surface area contributed by atoms with Gasteiger partial charge in [-0.1, -0.05) is 35.8 Å². The smallest absolute Gasteiger partial charge is 0.254 e. The molecule has 8 heteroatoms. The molecule has 1 aromatic carbocycles. The molecule has 0 aliphatic heterocycles. The number of aromatic amines is 1. The van der Waals surface area contributed by atoms with Gasteiger partial charge < -0.3 is 10.1 Å². The van der Waals surface area contributed by atoms with Gasteiger partial charge in [0.15, 0.2) is 0 Å². The summed E-state index contributed by atoms with van der Waals surface area (Å²) in [5.74, 6) is -2.59. The molecule has 4 N–H and O–H groups in total. The third kappa shape index (κ3) is 3.67. The Hall–Kier alpha value is -1.73. The predicted molar refractivity (Wildman–Crippen MR) is 91.8 cm³/mol. The van der Waals surface area contributed by atoms with E-state index in [4.69, 9.17) is 28.9 Å². The van der Waals surface area contributed by atoms with E-state index in [9.17, 15) is 14.3 Å². The van der Waals surface area contributed by atoms with Crippen LogP contribution in [-0.4, -0.2) is 15.1 Å². The number of nitrogens with one attached hydrogen (secondary N) is 1. The zero-order valence-electron chi connectivity index (χ0n) is 12.9. The number of nitrogens with two attached hydrogens (primary N) is 1. The Labute approximate surface area is 147 Å². The third-order valence-electron chi connectivity index (χ3n) is 3.54. The van der Waals surface area contributed by atoms with Crippen LogP contribution >= 0.6 is 23.2 Å². The molecule has 5 nitrogen and oxygen atoms in total. The molecule has 0 aliphatic rings. The summed E-state index contributed by atoms with van der Waals surface area (Å²) < 4.78 is 14.9. The van der Waals surface area contributed by atoms with Gasteiger partial charge in [-0.15, -0.1) is 0 Å². The summed E-state index contributed by atoms with van der Waals surface area (Å²) in [6, 6.07) is 4.81. The second kappa shape index (κ2) is 7.03. The predicted octanol–water partition coefficient (Wildman–Crippen LogP) is 2.82. The topological polar surface area (TPSA) is 92.0 Å². The molecule has 0 amide bonds. The minimum Gasteiger partial charge on any atom is -0.388 e.